The molecule has 9 heavy (non-hydrogen) atoms. The normalized spacial score (nSPS) is 11.6. The third-order valence-electron chi connectivity index (χ3n) is 0.423. The Morgan fingerprint density at radius 3 is 2.78 bits per heavy atom. The maximum atomic E-state index is 10.2. The molecule has 1 unspecified atom stereocenters. The van der Waals surface area contributed by atoms with Crippen LogP contribution in [0.2, 0.25) is 0 Å². The Morgan fingerprint density at radius 1 is 1.67 bits per heavy atom. The summed E-state index contributed by atoms with van der Waals surface area (Å²) in [6.07, 6.45) is 0. The smallest absolute Gasteiger partial charge is 0.186 e. The van der Waals surface area contributed by atoms with E-state index >= 15 is 0 Å². The van der Waals surface area contributed by atoms with Gasteiger partial charge in [-0.1, -0.05) is 0 Å². The Labute approximate surface area is 58.9 Å². The van der Waals surface area contributed by atoms with E-state index < -0.39 is 8.25 Å². The van der Waals surface area contributed by atoms with Crippen LogP contribution in [0.3, 0.4) is 0 Å². The molecular formula is C3H7ClO4P+. The molecule has 1 atom stereocenters. The molecule has 0 amide bonds. The fourth-order valence-electron chi connectivity index (χ4n) is 0.142. The molecule has 0 aliphatic carbocycles. The van der Waals surface area contributed by atoms with Gasteiger partial charge in [-0.15, -0.1) is 16.1 Å². The first-order valence-electron chi connectivity index (χ1n) is 2.18. The molecule has 0 saturated heterocycles. The second kappa shape index (κ2) is 6.39. The van der Waals surface area contributed by atoms with Crippen molar-refractivity contribution in [3.8, 4) is 0 Å². The summed E-state index contributed by atoms with van der Waals surface area (Å²) >= 11 is 5.19. The summed E-state index contributed by atoms with van der Waals surface area (Å²) < 4.78 is 18.6. The van der Waals surface area contributed by atoms with E-state index in [1.54, 1.807) is 0 Å². The van der Waals surface area contributed by atoms with E-state index in [0.717, 1.165) is 0 Å². The van der Waals surface area contributed by atoms with Gasteiger partial charge in [0.25, 0.3) is 0 Å². The summed E-state index contributed by atoms with van der Waals surface area (Å²) in [5.41, 5.74) is 0. The highest BCUT2D eigenvalue weighted by Crippen LogP contribution is 2.21. The van der Waals surface area contributed by atoms with Gasteiger partial charge in [-0.25, -0.2) is 0 Å². The number of rotatable bonds is 5. The van der Waals surface area contributed by atoms with Crippen LogP contribution in [0.25, 0.3) is 0 Å². The van der Waals surface area contributed by atoms with Gasteiger partial charge < -0.3 is 0 Å². The maximum absolute atomic E-state index is 10.2. The first-order chi connectivity index (χ1) is 4.31. The first-order valence-corrected chi connectivity index (χ1v) is 3.81. The lowest BCUT2D eigenvalue weighted by atomic mass is 10.9. The molecule has 0 aliphatic heterocycles. The van der Waals surface area contributed by atoms with Crippen molar-refractivity contribution in [2.75, 3.05) is 19.6 Å². The lowest BCUT2D eigenvalue weighted by Gasteiger charge is -1.84. The van der Waals surface area contributed by atoms with Gasteiger partial charge in [-0.05, 0) is 0 Å². The minimum Gasteiger partial charge on any atom is -0.186 e. The van der Waals surface area contributed by atoms with Gasteiger partial charge in [-0.3, -0.25) is 0 Å². The fraction of sp³-hybridized carbons (Fsp3) is 1.00. The summed E-state index contributed by atoms with van der Waals surface area (Å²) in [5.74, 6) is 0.298. The molecule has 0 N–H and O–H groups in total. The number of hydrogen-bond acceptors (Lipinski definition) is 4. The molecule has 0 aromatic heterocycles. The zero-order valence-corrected chi connectivity index (χ0v) is 6.52. The van der Waals surface area contributed by atoms with Crippen LogP contribution in [0, 0.1) is 0 Å². The summed E-state index contributed by atoms with van der Waals surface area (Å²) in [5, 5.41) is 0. The molecule has 0 fully saturated rings. The quantitative estimate of drug-likeness (QED) is 0.208. The van der Waals surface area contributed by atoms with E-state index in [4.69, 9.17) is 11.6 Å². The van der Waals surface area contributed by atoms with Gasteiger partial charge in [0.05, 0.1) is 11.8 Å². The Morgan fingerprint density at radius 2 is 2.33 bits per heavy atom. The van der Waals surface area contributed by atoms with Crippen molar-refractivity contribution in [3.63, 3.8) is 0 Å². The molecule has 0 heterocycles. The third-order valence-corrected chi connectivity index (χ3v) is 1.10. The fourth-order valence-corrected chi connectivity index (χ4v) is 0.427. The highest BCUT2D eigenvalue weighted by Gasteiger charge is 2.17. The molecule has 0 aromatic rings. The average molecular weight is 174 g/mol. The van der Waals surface area contributed by atoms with Gasteiger partial charge in [0.1, 0.15) is 6.61 Å². The van der Waals surface area contributed by atoms with Gasteiger partial charge in [0, 0.05) is 10.4 Å². The minimum absolute atomic E-state index is 0.200. The van der Waals surface area contributed by atoms with E-state index in [2.05, 4.69) is 14.1 Å². The van der Waals surface area contributed by atoms with Crippen molar-refractivity contribution < 1.29 is 18.7 Å². The molecular weight excluding hydrogens is 166 g/mol. The van der Waals surface area contributed by atoms with Crippen LogP contribution in [-0.4, -0.2) is 19.6 Å². The zero-order valence-electron chi connectivity index (χ0n) is 4.87. The van der Waals surface area contributed by atoms with Crippen LogP contribution in [0.5, 0.6) is 0 Å². The van der Waals surface area contributed by atoms with Crippen molar-refractivity contribution in [1.82, 2.24) is 0 Å². The topological polar surface area (TPSA) is 44.8 Å². The summed E-state index contributed by atoms with van der Waals surface area (Å²) in [7, 11) is -0.868. The predicted molar refractivity (Wildman–Crippen MR) is 32.4 cm³/mol. The lowest BCUT2D eigenvalue weighted by molar-refractivity contribution is -0.203. The van der Waals surface area contributed by atoms with Crippen LogP contribution in [0.4, 0.5) is 0 Å². The van der Waals surface area contributed by atoms with Crippen LogP contribution >= 0.6 is 19.9 Å². The Bertz CT molecular complexity index is 87.9. The van der Waals surface area contributed by atoms with Crippen LogP contribution < -0.4 is 0 Å². The molecule has 0 rings (SSSR count). The van der Waals surface area contributed by atoms with Gasteiger partial charge in [0.15, 0.2) is 0 Å². The van der Waals surface area contributed by atoms with Crippen molar-refractivity contribution in [1.29, 1.82) is 0 Å². The van der Waals surface area contributed by atoms with Gasteiger partial charge in [-0.2, -0.15) is 4.89 Å². The van der Waals surface area contributed by atoms with Crippen molar-refractivity contribution >= 4 is 19.9 Å². The maximum Gasteiger partial charge on any atom is 0.728 e. The largest absolute Gasteiger partial charge is 0.728 e. The summed E-state index contributed by atoms with van der Waals surface area (Å²) in [4.78, 5) is 4.29. The minimum atomic E-state index is -2.12. The van der Waals surface area contributed by atoms with E-state index in [0.29, 0.717) is 5.88 Å². The molecule has 54 valence electrons. The summed E-state index contributed by atoms with van der Waals surface area (Å²) in [6, 6.07) is 0. The molecule has 0 bridgehead atoms. The molecule has 0 radical (unpaired) electrons. The van der Waals surface area contributed by atoms with Crippen LogP contribution in [-0.2, 0) is 18.7 Å². The number of alkyl halides is 1. The summed E-state index contributed by atoms with van der Waals surface area (Å²) in [6.45, 7) is 0.200. The van der Waals surface area contributed by atoms with E-state index in [9.17, 15) is 4.57 Å². The van der Waals surface area contributed by atoms with E-state index in [-0.39, 0.29) is 6.61 Å². The third kappa shape index (κ3) is 6.15. The van der Waals surface area contributed by atoms with Gasteiger partial charge in [0.2, 0.25) is 0 Å². The second-order valence-electron chi connectivity index (χ2n) is 0.992. The lowest BCUT2D eigenvalue weighted by Crippen LogP contribution is -1.91. The van der Waals surface area contributed by atoms with E-state index in [1.807, 2.05) is 0 Å². The second-order valence-corrected chi connectivity index (χ2v) is 2.33. The Balaban J connectivity index is 2.97. The zero-order chi connectivity index (χ0) is 7.11. The van der Waals surface area contributed by atoms with E-state index in [1.165, 1.54) is 7.11 Å². The Hall–Kier alpha value is 0.270. The molecule has 6 heteroatoms. The standard InChI is InChI=1S/C3H7ClO4P/c1-6-9(5)8-7-3-2-4/h2-3H2,1H3/q+1. The average Bonchev–Trinajstić information content (AvgIpc) is 1.89. The van der Waals surface area contributed by atoms with Crippen LogP contribution in [0.1, 0.15) is 0 Å². The molecule has 0 aromatic carbocycles. The predicted octanol–water partition coefficient (Wildman–Crippen LogP) is 1.48. The highest BCUT2D eigenvalue weighted by atomic mass is 35.5. The molecule has 0 aliphatic rings. The highest BCUT2D eigenvalue weighted by molar-refractivity contribution is 7.33. The molecule has 0 spiro atoms. The number of hydrogen-bond donors (Lipinski definition) is 0. The van der Waals surface area contributed by atoms with Crippen molar-refractivity contribution in [2.24, 2.45) is 0 Å². The molecule has 4 nitrogen and oxygen atoms in total. The van der Waals surface area contributed by atoms with Crippen molar-refractivity contribution in [2.45, 2.75) is 0 Å². The number of halogens is 1. The van der Waals surface area contributed by atoms with Crippen molar-refractivity contribution in [3.05, 3.63) is 0 Å². The monoisotopic (exact) mass is 173 g/mol. The van der Waals surface area contributed by atoms with Crippen LogP contribution in [0.15, 0.2) is 0 Å². The Kier molecular flexibility index (Phi) is 6.58. The SMILES string of the molecule is CO[P+](=O)OOCCCl. The molecule has 0 saturated carbocycles. The first kappa shape index (κ1) is 9.27. The van der Waals surface area contributed by atoms with Gasteiger partial charge >= 0.3 is 8.25 Å².